The minimum atomic E-state index is -0.597. The average Bonchev–Trinajstić information content (AvgIpc) is 3.16. The number of fused-ring (bicyclic) bond motifs is 1. The number of rotatable bonds is 3. The van der Waals surface area contributed by atoms with E-state index in [1.165, 1.54) is 11.2 Å². The second-order valence-corrected chi connectivity index (χ2v) is 8.03. The number of morpholine rings is 1. The molecule has 4 rings (SSSR count). The maximum absolute atomic E-state index is 15.4. The Morgan fingerprint density at radius 1 is 1.33 bits per heavy atom. The third-order valence-corrected chi connectivity index (χ3v) is 5.54. The molecule has 1 aromatic heterocycles. The number of carbonyl (C=O) groups is 2. The first-order valence-corrected chi connectivity index (χ1v) is 9.47. The van der Waals surface area contributed by atoms with E-state index in [1.807, 2.05) is 18.7 Å². The van der Waals surface area contributed by atoms with Gasteiger partial charge in [0.2, 0.25) is 0 Å². The molecule has 0 bridgehead atoms. The summed E-state index contributed by atoms with van der Waals surface area (Å²) in [5.74, 6) is -0.597. The van der Waals surface area contributed by atoms with Gasteiger partial charge in [-0.2, -0.15) is 0 Å². The molecule has 0 saturated carbocycles. The quantitative estimate of drug-likeness (QED) is 0.733. The van der Waals surface area contributed by atoms with Crippen LogP contribution in [0.5, 0.6) is 0 Å². The van der Waals surface area contributed by atoms with Gasteiger partial charge in [0.15, 0.2) is 17.7 Å². The van der Waals surface area contributed by atoms with Gasteiger partial charge >= 0.3 is 0 Å². The summed E-state index contributed by atoms with van der Waals surface area (Å²) in [5, 5.41) is 0.201. The predicted molar refractivity (Wildman–Crippen MR) is 103 cm³/mol. The van der Waals surface area contributed by atoms with Crippen molar-refractivity contribution in [2.45, 2.75) is 26.1 Å². The van der Waals surface area contributed by atoms with Gasteiger partial charge in [0.05, 0.1) is 30.1 Å². The van der Waals surface area contributed by atoms with Crippen molar-refractivity contribution in [3.8, 4) is 0 Å². The summed E-state index contributed by atoms with van der Waals surface area (Å²) < 4.78 is 26.5. The van der Waals surface area contributed by atoms with Crippen molar-refractivity contribution in [3.05, 3.63) is 35.2 Å². The molecule has 1 amide bonds. The molecule has 0 aliphatic carbocycles. The standard InChI is InChI=1S/C19H19FN2O4S/c1-10-5-21(6-11(2)26-10)17-13(8-23)4-14-15(9-25-18(14)16(17)20)22-7-12(3)27-19(22)24/h4,8-11H,3,5-7H2,1-2H3/t10-,11-/m1/s1. The summed E-state index contributed by atoms with van der Waals surface area (Å²) >= 11 is 1.04. The molecule has 0 unspecified atom stereocenters. The third kappa shape index (κ3) is 3.02. The Hall–Kier alpha value is -2.32. The molecule has 2 fully saturated rings. The molecule has 2 saturated heterocycles. The first-order chi connectivity index (χ1) is 12.9. The van der Waals surface area contributed by atoms with Gasteiger partial charge in [-0.15, -0.1) is 0 Å². The molecule has 8 heteroatoms. The minimum absolute atomic E-state index is 0.0349. The third-order valence-electron chi connectivity index (χ3n) is 4.73. The molecular formula is C19H19FN2O4S. The van der Waals surface area contributed by atoms with Gasteiger partial charge in [0, 0.05) is 28.9 Å². The molecule has 2 aliphatic rings. The molecule has 0 radical (unpaired) electrons. The van der Waals surface area contributed by atoms with Crippen LogP contribution in [0.4, 0.5) is 20.6 Å². The van der Waals surface area contributed by atoms with Gasteiger partial charge in [0.1, 0.15) is 6.26 Å². The van der Waals surface area contributed by atoms with E-state index in [4.69, 9.17) is 9.15 Å². The SMILES string of the molecule is C=C1CN(c2coc3c(F)c(N4C[C@@H](C)O[C@H](C)C4)c(C=O)cc23)C(=O)S1. The first kappa shape index (κ1) is 18.1. The number of aldehydes is 1. The molecule has 1 aromatic carbocycles. The largest absolute Gasteiger partial charge is 0.459 e. The number of nitrogens with zero attached hydrogens (tertiary/aromatic N) is 2. The van der Waals surface area contributed by atoms with Gasteiger partial charge in [-0.25, -0.2) is 4.39 Å². The molecule has 2 aliphatic heterocycles. The molecule has 0 N–H and O–H groups in total. The van der Waals surface area contributed by atoms with Crippen LogP contribution in [-0.2, 0) is 4.74 Å². The van der Waals surface area contributed by atoms with E-state index in [1.54, 1.807) is 6.07 Å². The van der Waals surface area contributed by atoms with Crippen LogP contribution < -0.4 is 9.80 Å². The van der Waals surface area contributed by atoms with Crippen molar-refractivity contribution in [2.75, 3.05) is 29.4 Å². The minimum Gasteiger partial charge on any atom is -0.459 e. The Labute approximate surface area is 159 Å². The van der Waals surface area contributed by atoms with E-state index in [-0.39, 0.29) is 34.3 Å². The van der Waals surface area contributed by atoms with Crippen molar-refractivity contribution >= 4 is 45.6 Å². The van der Waals surface area contributed by atoms with E-state index in [9.17, 15) is 9.59 Å². The van der Waals surface area contributed by atoms with Crippen LogP contribution in [0, 0.1) is 5.82 Å². The number of benzene rings is 1. The van der Waals surface area contributed by atoms with Crippen LogP contribution in [0.3, 0.4) is 0 Å². The lowest BCUT2D eigenvalue weighted by Crippen LogP contribution is -2.46. The number of halogens is 1. The fourth-order valence-corrected chi connectivity index (χ4v) is 4.46. The Kier molecular flexibility index (Phi) is 4.47. The van der Waals surface area contributed by atoms with Crippen LogP contribution in [0.15, 0.2) is 28.2 Å². The molecule has 2 aromatic rings. The highest BCUT2D eigenvalue weighted by molar-refractivity contribution is 8.17. The monoisotopic (exact) mass is 390 g/mol. The molecule has 2 atom stereocenters. The number of furan rings is 1. The van der Waals surface area contributed by atoms with E-state index in [0.717, 1.165) is 11.8 Å². The Morgan fingerprint density at radius 2 is 2.04 bits per heavy atom. The zero-order chi connectivity index (χ0) is 19.3. The summed E-state index contributed by atoms with van der Waals surface area (Å²) in [6.45, 7) is 8.91. The lowest BCUT2D eigenvalue weighted by Gasteiger charge is -2.37. The summed E-state index contributed by atoms with van der Waals surface area (Å²) in [5.41, 5.74) is 0.917. The van der Waals surface area contributed by atoms with E-state index < -0.39 is 5.82 Å². The number of amides is 1. The predicted octanol–water partition coefficient (Wildman–Crippen LogP) is 4.18. The van der Waals surface area contributed by atoms with Crippen molar-refractivity contribution in [3.63, 3.8) is 0 Å². The van der Waals surface area contributed by atoms with E-state index in [2.05, 4.69) is 6.58 Å². The Morgan fingerprint density at radius 3 is 2.63 bits per heavy atom. The van der Waals surface area contributed by atoms with E-state index in [0.29, 0.717) is 41.9 Å². The lowest BCUT2D eigenvalue weighted by atomic mass is 10.1. The number of hydrogen-bond acceptors (Lipinski definition) is 6. The zero-order valence-corrected chi connectivity index (χ0v) is 15.8. The number of anilines is 2. The fourth-order valence-electron chi connectivity index (χ4n) is 3.74. The van der Waals surface area contributed by atoms with Crippen LogP contribution in [-0.4, -0.2) is 43.4 Å². The summed E-state index contributed by atoms with van der Waals surface area (Å²) in [6, 6.07) is 1.59. The average molecular weight is 390 g/mol. The zero-order valence-electron chi connectivity index (χ0n) is 15.0. The maximum atomic E-state index is 15.4. The van der Waals surface area contributed by atoms with Crippen LogP contribution in [0.2, 0.25) is 0 Å². The van der Waals surface area contributed by atoms with Crippen LogP contribution in [0.1, 0.15) is 24.2 Å². The Balaban J connectivity index is 1.83. The molecule has 27 heavy (non-hydrogen) atoms. The first-order valence-electron chi connectivity index (χ1n) is 8.65. The smallest absolute Gasteiger partial charge is 0.291 e. The van der Waals surface area contributed by atoms with E-state index >= 15 is 4.39 Å². The Bertz CT molecular complexity index is 947. The normalized spacial score (nSPS) is 23.5. The summed E-state index contributed by atoms with van der Waals surface area (Å²) in [4.78, 5) is 27.9. The molecule has 142 valence electrons. The topological polar surface area (TPSA) is 63.0 Å². The van der Waals surface area contributed by atoms with Gasteiger partial charge < -0.3 is 14.1 Å². The molecule has 6 nitrogen and oxygen atoms in total. The van der Waals surface area contributed by atoms with Crippen molar-refractivity contribution in [1.82, 2.24) is 0 Å². The van der Waals surface area contributed by atoms with Gasteiger partial charge in [-0.05, 0) is 31.7 Å². The summed E-state index contributed by atoms with van der Waals surface area (Å²) in [6.07, 6.45) is 1.83. The molecule has 0 spiro atoms. The van der Waals surface area contributed by atoms with Gasteiger partial charge in [0.25, 0.3) is 5.24 Å². The van der Waals surface area contributed by atoms with Crippen LogP contribution in [0.25, 0.3) is 11.0 Å². The highest BCUT2D eigenvalue weighted by Crippen LogP contribution is 2.41. The molecule has 3 heterocycles. The number of carbonyl (C=O) groups excluding carboxylic acids is 2. The van der Waals surface area contributed by atoms with Gasteiger partial charge in [-0.3, -0.25) is 14.5 Å². The summed E-state index contributed by atoms with van der Waals surface area (Å²) in [7, 11) is 0. The van der Waals surface area contributed by atoms with Crippen molar-refractivity contribution in [1.29, 1.82) is 0 Å². The highest BCUT2D eigenvalue weighted by Gasteiger charge is 2.32. The highest BCUT2D eigenvalue weighted by atomic mass is 32.2. The maximum Gasteiger partial charge on any atom is 0.291 e. The number of hydrogen-bond donors (Lipinski definition) is 0. The van der Waals surface area contributed by atoms with Crippen LogP contribution >= 0.6 is 11.8 Å². The second-order valence-electron chi connectivity index (χ2n) is 6.90. The fraction of sp³-hybridized carbons (Fsp3) is 0.368. The number of ether oxygens (including phenoxy) is 1. The second kappa shape index (κ2) is 6.69. The van der Waals surface area contributed by atoms with Gasteiger partial charge in [-0.1, -0.05) is 6.58 Å². The lowest BCUT2D eigenvalue weighted by molar-refractivity contribution is -0.00542. The van der Waals surface area contributed by atoms with Crippen molar-refractivity contribution in [2.24, 2.45) is 0 Å². The number of thioether (sulfide) groups is 1. The van der Waals surface area contributed by atoms with Crippen molar-refractivity contribution < 1.29 is 23.1 Å². The molecular weight excluding hydrogens is 371 g/mol.